The molecule has 0 radical (unpaired) electrons. The van der Waals surface area contributed by atoms with Crippen LogP contribution >= 0.6 is 0 Å². The smallest absolute Gasteiger partial charge is 0.253 e. The summed E-state index contributed by atoms with van der Waals surface area (Å²) in [4.78, 5) is 18.7. The van der Waals surface area contributed by atoms with Crippen LogP contribution in [0.25, 0.3) is 10.9 Å². The summed E-state index contributed by atoms with van der Waals surface area (Å²) in [6.45, 7) is 4.58. The van der Waals surface area contributed by atoms with Gasteiger partial charge in [0.2, 0.25) is 0 Å². The number of nitrogens with one attached hydrogen (secondary N) is 1. The number of tetrazole rings is 1. The number of H-pyrrole nitrogens is 1. The van der Waals surface area contributed by atoms with Gasteiger partial charge in [0, 0.05) is 23.0 Å². The maximum atomic E-state index is 13.3. The van der Waals surface area contributed by atoms with Crippen molar-refractivity contribution in [2.75, 3.05) is 20.2 Å². The van der Waals surface area contributed by atoms with E-state index in [4.69, 9.17) is 4.74 Å². The van der Waals surface area contributed by atoms with Crippen LogP contribution < -0.4 is 10.3 Å². The molecule has 1 aliphatic heterocycles. The van der Waals surface area contributed by atoms with Crippen LogP contribution in [0.4, 0.5) is 0 Å². The fraction of sp³-hybridized carbons (Fsp3) is 0.360. The number of nitrogens with zero attached hydrogens (tertiary/aromatic N) is 5. The third-order valence-electron chi connectivity index (χ3n) is 6.41. The monoisotopic (exact) mass is 444 g/mol. The molecule has 0 bridgehead atoms. The number of fused-ring (bicyclic) bond motifs is 1. The number of hydrogen-bond acceptors (Lipinski definition) is 6. The van der Waals surface area contributed by atoms with Crippen LogP contribution in [0.5, 0.6) is 5.75 Å². The molecule has 8 nitrogen and oxygen atoms in total. The lowest BCUT2D eigenvalue weighted by Gasteiger charge is -2.36. The van der Waals surface area contributed by atoms with Gasteiger partial charge in [0.05, 0.1) is 13.7 Å². The third-order valence-corrected chi connectivity index (χ3v) is 6.41. The number of likely N-dealkylation sites (tertiary alicyclic amines) is 1. The van der Waals surface area contributed by atoms with Crippen LogP contribution in [0.15, 0.2) is 59.4 Å². The highest BCUT2D eigenvalue weighted by molar-refractivity contribution is 5.80. The van der Waals surface area contributed by atoms with Gasteiger partial charge in [0.15, 0.2) is 5.82 Å². The molecule has 0 spiro atoms. The molecule has 2 aromatic heterocycles. The predicted octanol–water partition coefficient (Wildman–Crippen LogP) is 3.39. The van der Waals surface area contributed by atoms with E-state index in [0.29, 0.717) is 23.9 Å². The highest BCUT2D eigenvalue weighted by Gasteiger charge is 2.32. The highest BCUT2D eigenvalue weighted by Crippen LogP contribution is 2.31. The summed E-state index contributed by atoms with van der Waals surface area (Å²) in [6, 6.07) is 17.4. The van der Waals surface area contributed by atoms with Crippen molar-refractivity contribution in [3.63, 3.8) is 0 Å². The Morgan fingerprint density at radius 2 is 2.03 bits per heavy atom. The predicted molar refractivity (Wildman–Crippen MR) is 126 cm³/mol. The first-order valence-electron chi connectivity index (χ1n) is 11.4. The Balaban J connectivity index is 1.63. The number of ether oxygens (including phenoxy) is 1. The number of aromatic amines is 1. The van der Waals surface area contributed by atoms with E-state index >= 15 is 0 Å². The van der Waals surface area contributed by atoms with Crippen molar-refractivity contribution in [1.82, 2.24) is 30.1 Å². The zero-order valence-electron chi connectivity index (χ0n) is 18.9. The van der Waals surface area contributed by atoms with Gasteiger partial charge >= 0.3 is 0 Å². The Hall–Kier alpha value is -3.52. The number of rotatable bonds is 6. The Morgan fingerprint density at radius 3 is 2.82 bits per heavy atom. The molecule has 0 aliphatic carbocycles. The lowest BCUT2D eigenvalue weighted by Crippen LogP contribution is -2.41. The quantitative estimate of drug-likeness (QED) is 0.490. The second kappa shape index (κ2) is 9.15. The van der Waals surface area contributed by atoms with E-state index in [1.54, 1.807) is 7.11 Å². The molecule has 2 aromatic carbocycles. The van der Waals surface area contributed by atoms with E-state index in [1.807, 2.05) is 47.1 Å². The van der Waals surface area contributed by atoms with E-state index in [9.17, 15) is 4.79 Å². The van der Waals surface area contributed by atoms with Crippen molar-refractivity contribution >= 4 is 10.9 Å². The van der Waals surface area contributed by atoms with Gasteiger partial charge in [-0.05, 0) is 65.6 Å². The number of hydrogen-bond donors (Lipinski definition) is 1. The Bertz CT molecular complexity index is 1300. The van der Waals surface area contributed by atoms with Crippen LogP contribution in [-0.4, -0.2) is 50.3 Å². The molecule has 1 saturated heterocycles. The third kappa shape index (κ3) is 4.39. The Labute approximate surface area is 192 Å². The van der Waals surface area contributed by atoms with Crippen LogP contribution in [0, 0.1) is 5.92 Å². The zero-order chi connectivity index (χ0) is 22.8. The summed E-state index contributed by atoms with van der Waals surface area (Å²) < 4.78 is 7.22. The molecule has 33 heavy (non-hydrogen) atoms. The SMILES string of the molecule is COc1ccc2[nH]c(=O)c([C@H](c3nnnn3Cc3ccccc3)N3CCC[C@H](C)C3)cc2c1. The molecule has 2 atom stereocenters. The first kappa shape index (κ1) is 21.3. The summed E-state index contributed by atoms with van der Waals surface area (Å²) in [5, 5.41) is 13.6. The summed E-state index contributed by atoms with van der Waals surface area (Å²) in [7, 11) is 1.64. The van der Waals surface area contributed by atoms with E-state index in [2.05, 4.69) is 44.5 Å². The van der Waals surface area contributed by atoms with E-state index in [0.717, 1.165) is 41.7 Å². The van der Waals surface area contributed by atoms with Gasteiger partial charge < -0.3 is 9.72 Å². The summed E-state index contributed by atoms with van der Waals surface area (Å²) >= 11 is 0. The van der Waals surface area contributed by atoms with Gasteiger partial charge in [-0.15, -0.1) is 5.10 Å². The van der Waals surface area contributed by atoms with Gasteiger partial charge in [0.1, 0.15) is 11.8 Å². The van der Waals surface area contributed by atoms with Gasteiger partial charge in [-0.1, -0.05) is 37.3 Å². The zero-order valence-corrected chi connectivity index (χ0v) is 18.9. The lowest BCUT2D eigenvalue weighted by atomic mass is 9.95. The van der Waals surface area contributed by atoms with Gasteiger partial charge in [-0.3, -0.25) is 9.69 Å². The maximum Gasteiger partial charge on any atom is 0.253 e. The van der Waals surface area contributed by atoms with Crippen molar-refractivity contribution in [2.45, 2.75) is 32.4 Å². The molecule has 0 amide bonds. The van der Waals surface area contributed by atoms with Crippen molar-refractivity contribution in [2.24, 2.45) is 5.92 Å². The Kier molecular flexibility index (Phi) is 5.92. The largest absolute Gasteiger partial charge is 0.497 e. The molecule has 170 valence electrons. The van der Waals surface area contributed by atoms with Crippen molar-refractivity contribution in [3.05, 3.63) is 81.9 Å². The first-order valence-corrected chi connectivity index (χ1v) is 11.4. The minimum atomic E-state index is -0.342. The van der Waals surface area contributed by atoms with Crippen LogP contribution in [-0.2, 0) is 6.54 Å². The second-order valence-corrected chi connectivity index (χ2v) is 8.83. The van der Waals surface area contributed by atoms with E-state index in [-0.39, 0.29) is 11.6 Å². The van der Waals surface area contributed by atoms with Crippen molar-refractivity contribution in [1.29, 1.82) is 0 Å². The topological polar surface area (TPSA) is 88.9 Å². The first-order chi connectivity index (χ1) is 16.1. The molecule has 3 heterocycles. The highest BCUT2D eigenvalue weighted by atomic mass is 16.5. The second-order valence-electron chi connectivity index (χ2n) is 8.83. The molecule has 0 unspecified atom stereocenters. The lowest BCUT2D eigenvalue weighted by molar-refractivity contribution is 0.141. The molecular weight excluding hydrogens is 416 g/mol. The van der Waals surface area contributed by atoms with Gasteiger partial charge in [0.25, 0.3) is 5.56 Å². The average molecular weight is 445 g/mol. The van der Waals surface area contributed by atoms with Crippen LogP contribution in [0.1, 0.15) is 42.8 Å². The fourth-order valence-corrected chi connectivity index (χ4v) is 4.77. The normalized spacial score (nSPS) is 17.8. The molecule has 8 heteroatoms. The van der Waals surface area contributed by atoms with E-state index < -0.39 is 0 Å². The summed E-state index contributed by atoms with van der Waals surface area (Å²) in [5.74, 6) is 1.97. The molecule has 1 aliphatic rings. The number of benzene rings is 2. The van der Waals surface area contributed by atoms with Crippen LogP contribution in [0.3, 0.4) is 0 Å². The maximum absolute atomic E-state index is 13.3. The van der Waals surface area contributed by atoms with E-state index in [1.165, 1.54) is 6.42 Å². The van der Waals surface area contributed by atoms with Crippen molar-refractivity contribution < 1.29 is 4.74 Å². The minimum absolute atomic E-state index is 0.120. The summed E-state index contributed by atoms with van der Waals surface area (Å²) in [6.07, 6.45) is 2.26. The molecular formula is C25H28N6O2. The minimum Gasteiger partial charge on any atom is -0.497 e. The standard InChI is InChI=1S/C25H28N6O2/c1-17-7-6-12-30(15-17)23(24-27-28-29-31(24)16-18-8-4-3-5-9-18)21-14-19-13-20(33-2)10-11-22(19)26-25(21)32/h3-5,8-11,13-14,17,23H,6-7,12,15-16H2,1-2H3,(H,26,32)/t17-,23+/m0/s1. The molecule has 5 rings (SSSR count). The fourth-order valence-electron chi connectivity index (χ4n) is 4.77. The molecule has 4 aromatic rings. The number of methoxy groups -OCH3 is 1. The van der Waals surface area contributed by atoms with Crippen LogP contribution in [0.2, 0.25) is 0 Å². The molecule has 1 fully saturated rings. The van der Waals surface area contributed by atoms with Gasteiger partial charge in [-0.2, -0.15) is 0 Å². The number of piperidine rings is 1. The van der Waals surface area contributed by atoms with Gasteiger partial charge in [-0.25, -0.2) is 4.68 Å². The van der Waals surface area contributed by atoms with Crippen molar-refractivity contribution in [3.8, 4) is 5.75 Å². The average Bonchev–Trinajstić information content (AvgIpc) is 3.27. The summed E-state index contributed by atoms with van der Waals surface area (Å²) in [5.41, 5.74) is 2.41. The molecule has 0 saturated carbocycles. The number of aromatic nitrogens is 5. The molecule has 1 N–H and O–H groups in total. The Morgan fingerprint density at radius 1 is 1.18 bits per heavy atom. The number of pyridine rings is 1.